The molecule has 0 radical (unpaired) electrons. The highest BCUT2D eigenvalue weighted by Gasteiger charge is 2.23. The van der Waals surface area contributed by atoms with Crippen LogP contribution in [-0.2, 0) is 0 Å². The summed E-state index contributed by atoms with van der Waals surface area (Å²) >= 11 is 0. The number of nitriles is 1. The van der Waals surface area contributed by atoms with Crippen molar-refractivity contribution >= 4 is 11.7 Å². The van der Waals surface area contributed by atoms with Crippen molar-refractivity contribution in [2.45, 2.75) is 31.8 Å². The highest BCUT2D eigenvalue weighted by Crippen LogP contribution is 2.15. The number of anilines is 1. The van der Waals surface area contributed by atoms with Crippen LogP contribution in [0.15, 0.2) is 24.3 Å². The third-order valence-corrected chi connectivity index (χ3v) is 3.82. The molecular formula is C15H20N4O. The van der Waals surface area contributed by atoms with Crippen LogP contribution in [0.5, 0.6) is 0 Å². The summed E-state index contributed by atoms with van der Waals surface area (Å²) in [6.45, 7) is 3.18. The molecule has 0 saturated carbocycles. The summed E-state index contributed by atoms with van der Waals surface area (Å²) in [6, 6.07) is 9.42. The van der Waals surface area contributed by atoms with E-state index in [1.54, 1.807) is 24.3 Å². The van der Waals surface area contributed by atoms with Crippen LogP contribution in [0.2, 0.25) is 0 Å². The molecule has 5 heteroatoms. The molecule has 1 aromatic carbocycles. The molecule has 0 bridgehead atoms. The van der Waals surface area contributed by atoms with Gasteiger partial charge in [-0.3, -0.25) is 0 Å². The van der Waals surface area contributed by atoms with Gasteiger partial charge in [-0.05, 0) is 51.1 Å². The van der Waals surface area contributed by atoms with Crippen molar-refractivity contribution in [1.29, 1.82) is 5.26 Å². The normalized spacial score (nSPS) is 22.9. The lowest BCUT2D eigenvalue weighted by Crippen LogP contribution is -2.48. The Hall–Kier alpha value is -2.06. The topological polar surface area (TPSA) is 68.2 Å². The first-order chi connectivity index (χ1) is 9.58. The summed E-state index contributed by atoms with van der Waals surface area (Å²) in [7, 11) is 2.11. The molecule has 0 spiro atoms. The van der Waals surface area contributed by atoms with E-state index in [2.05, 4.69) is 29.5 Å². The van der Waals surface area contributed by atoms with Gasteiger partial charge in [-0.2, -0.15) is 5.26 Å². The smallest absolute Gasteiger partial charge is 0.319 e. The number of hydrogen-bond donors (Lipinski definition) is 2. The summed E-state index contributed by atoms with van der Waals surface area (Å²) < 4.78 is 0. The third-order valence-electron chi connectivity index (χ3n) is 3.82. The van der Waals surface area contributed by atoms with Crippen LogP contribution in [0.4, 0.5) is 10.5 Å². The Labute approximate surface area is 119 Å². The Balaban J connectivity index is 1.84. The van der Waals surface area contributed by atoms with Crippen LogP contribution in [0.25, 0.3) is 0 Å². The van der Waals surface area contributed by atoms with Gasteiger partial charge < -0.3 is 15.5 Å². The van der Waals surface area contributed by atoms with Gasteiger partial charge in [-0.1, -0.05) is 0 Å². The summed E-state index contributed by atoms with van der Waals surface area (Å²) in [5, 5.41) is 14.5. The van der Waals surface area contributed by atoms with Gasteiger partial charge in [-0.25, -0.2) is 4.79 Å². The quantitative estimate of drug-likeness (QED) is 0.867. The lowest BCUT2D eigenvalue weighted by atomic mass is 9.99. The summed E-state index contributed by atoms with van der Waals surface area (Å²) in [5.74, 6) is 0. The van der Waals surface area contributed by atoms with Gasteiger partial charge in [0.15, 0.2) is 0 Å². The second-order valence-corrected chi connectivity index (χ2v) is 5.34. The van der Waals surface area contributed by atoms with E-state index >= 15 is 0 Å². The zero-order chi connectivity index (χ0) is 14.5. The van der Waals surface area contributed by atoms with Crippen LogP contribution < -0.4 is 10.6 Å². The zero-order valence-electron chi connectivity index (χ0n) is 11.9. The summed E-state index contributed by atoms with van der Waals surface area (Å²) in [6.07, 6.45) is 1.94. The summed E-state index contributed by atoms with van der Waals surface area (Å²) in [5.41, 5.74) is 1.28. The predicted octanol–water partition coefficient (Wildman–Crippen LogP) is 2.16. The minimum Gasteiger partial charge on any atom is -0.335 e. The minimum atomic E-state index is -0.184. The molecule has 0 aliphatic carbocycles. The molecule has 1 saturated heterocycles. The fourth-order valence-electron chi connectivity index (χ4n) is 2.40. The maximum atomic E-state index is 11.9. The van der Waals surface area contributed by atoms with Crippen LogP contribution in [-0.4, -0.2) is 36.6 Å². The predicted molar refractivity (Wildman–Crippen MR) is 78.4 cm³/mol. The molecule has 2 N–H and O–H groups in total. The number of carbonyl (C=O) groups excluding carboxylic acids is 1. The van der Waals surface area contributed by atoms with E-state index in [-0.39, 0.29) is 12.1 Å². The SMILES string of the molecule is C[C@H]1C[C@H](NC(=O)Nc2ccc(C#N)cc2)CCN1C. The molecule has 20 heavy (non-hydrogen) atoms. The Morgan fingerprint density at radius 2 is 2.10 bits per heavy atom. The maximum Gasteiger partial charge on any atom is 0.319 e. The highest BCUT2D eigenvalue weighted by atomic mass is 16.2. The van der Waals surface area contributed by atoms with Gasteiger partial charge in [0.05, 0.1) is 11.6 Å². The molecule has 1 aliphatic rings. The van der Waals surface area contributed by atoms with Crippen molar-refractivity contribution in [1.82, 2.24) is 10.2 Å². The molecule has 106 valence electrons. The van der Waals surface area contributed by atoms with Crippen LogP contribution >= 0.6 is 0 Å². The number of rotatable bonds is 2. The molecular weight excluding hydrogens is 252 g/mol. The monoisotopic (exact) mass is 272 g/mol. The van der Waals surface area contributed by atoms with Gasteiger partial charge in [0.2, 0.25) is 0 Å². The second-order valence-electron chi connectivity index (χ2n) is 5.34. The fraction of sp³-hybridized carbons (Fsp3) is 0.467. The summed E-state index contributed by atoms with van der Waals surface area (Å²) in [4.78, 5) is 14.2. The van der Waals surface area contributed by atoms with Gasteiger partial charge in [0.1, 0.15) is 0 Å². The number of benzene rings is 1. The second kappa shape index (κ2) is 6.40. The molecule has 1 fully saturated rings. The van der Waals surface area contributed by atoms with E-state index in [1.165, 1.54) is 0 Å². The number of likely N-dealkylation sites (tertiary alicyclic amines) is 1. The number of amides is 2. The van der Waals surface area contributed by atoms with Crippen LogP contribution in [0, 0.1) is 11.3 Å². The van der Waals surface area contributed by atoms with Crippen molar-refractivity contribution in [2.24, 2.45) is 0 Å². The van der Waals surface area contributed by atoms with Gasteiger partial charge in [0.25, 0.3) is 0 Å². The van der Waals surface area contributed by atoms with Gasteiger partial charge >= 0.3 is 6.03 Å². The number of carbonyl (C=O) groups is 1. The molecule has 0 unspecified atom stereocenters. The van der Waals surface area contributed by atoms with Crippen molar-refractivity contribution in [3.63, 3.8) is 0 Å². The van der Waals surface area contributed by atoms with Crippen molar-refractivity contribution in [3.05, 3.63) is 29.8 Å². The maximum absolute atomic E-state index is 11.9. The van der Waals surface area contributed by atoms with Gasteiger partial charge in [-0.15, -0.1) is 0 Å². The highest BCUT2D eigenvalue weighted by molar-refractivity contribution is 5.89. The lowest BCUT2D eigenvalue weighted by Gasteiger charge is -2.35. The Kier molecular flexibility index (Phi) is 4.59. The lowest BCUT2D eigenvalue weighted by molar-refractivity contribution is 0.170. The molecule has 5 nitrogen and oxygen atoms in total. The standard InChI is InChI=1S/C15H20N4O/c1-11-9-14(7-8-19(11)2)18-15(20)17-13-5-3-12(10-16)4-6-13/h3-6,11,14H,7-9H2,1-2H3,(H2,17,18,20)/t11-,14+/m0/s1. The largest absolute Gasteiger partial charge is 0.335 e. The number of nitrogens with one attached hydrogen (secondary N) is 2. The van der Waals surface area contributed by atoms with Crippen molar-refractivity contribution < 1.29 is 4.79 Å². The van der Waals surface area contributed by atoms with Crippen molar-refractivity contribution in [2.75, 3.05) is 18.9 Å². The Morgan fingerprint density at radius 3 is 2.70 bits per heavy atom. The molecule has 1 aliphatic heterocycles. The van der Waals surface area contributed by atoms with Crippen LogP contribution in [0.3, 0.4) is 0 Å². The molecule has 2 rings (SSSR count). The Morgan fingerprint density at radius 1 is 1.40 bits per heavy atom. The molecule has 2 amide bonds. The average molecular weight is 272 g/mol. The van der Waals surface area contributed by atoms with Gasteiger partial charge in [0, 0.05) is 24.3 Å². The van der Waals surface area contributed by atoms with E-state index in [9.17, 15) is 4.79 Å². The third kappa shape index (κ3) is 3.72. The number of hydrogen-bond acceptors (Lipinski definition) is 3. The minimum absolute atomic E-state index is 0.184. The fourth-order valence-corrected chi connectivity index (χ4v) is 2.40. The van der Waals surface area contributed by atoms with Crippen LogP contribution in [0.1, 0.15) is 25.3 Å². The molecule has 2 atom stereocenters. The first kappa shape index (κ1) is 14.4. The number of nitrogens with zero attached hydrogens (tertiary/aromatic N) is 2. The Bertz CT molecular complexity index is 506. The number of piperidine rings is 1. The molecule has 0 aromatic heterocycles. The average Bonchev–Trinajstić information content (AvgIpc) is 2.44. The van der Waals surface area contributed by atoms with E-state index in [0.29, 0.717) is 17.3 Å². The van der Waals surface area contributed by atoms with E-state index in [1.807, 2.05) is 6.07 Å². The first-order valence-corrected chi connectivity index (χ1v) is 6.86. The first-order valence-electron chi connectivity index (χ1n) is 6.86. The molecule has 1 heterocycles. The van der Waals surface area contributed by atoms with E-state index in [0.717, 1.165) is 19.4 Å². The molecule has 1 aromatic rings. The number of urea groups is 1. The van der Waals surface area contributed by atoms with Crippen molar-refractivity contribution in [3.8, 4) is 6.07 Å². The zero-order valence-corrected chi connectivity index (χ0v) is 11.9. The van der Waals surface area contributed by atoms with E-state index < -0.39 is 0 Å². The van der Waals surface area contributed by atoms with E-state index in [4.69, 9.17) is 5.26 Å².